The van der Waals surface area contributed by atoms with Crippen molar-refractivity contribution in [2.45, 2.75) is 51.4 Å². The molecule has 2 aliphatic rings. The maximum atomic E-state index is 12.6. The summed E-state index contributed by atoms with van der Waals surface area (Å²) in [6.45, 7) is 0.820. The van der Waals surface area contributed by atoms with Gasteiger partial charge < -0.3 is 14.7 Å². The fraction of sp³-hybridized carbons (Fsp3) is 0.706. The van der Waals surface area contributed by atoms with Crippen LogP contribution in [-0.4, -0.2) is 35.0 Å². The van der Waals surface area contributed by atoms with E-state index in [2.05, 4.69) is 10.5 Å². The second-order valence-electron chi connectivity index (χ2n) is 6.78. The van der Waals surface area contributed by atoms with Gasteiger partial charge in [-0.05, 0) is 31.6 Å². The summed E-state index contributed by atoms with van der Waals surface area (Å²) < 4.78 is 4.71. The molecule has 126 valence electrons. The molecule has 0 unspecified atom stereocenters. The molecule has 0 bridgehead atoms. The summed E-state index contributed by atoms with van der Waals surface area (Å²) in [6, 6.07) is 1.59. The number of aromatic nitrogens is 1. The van der Waals surface area contributed by atoms with Crippen LogP contribution in [0.5, 0.6) is 0 Å². The summed E-state index contributed by atoms with van der Waals surface area (Å²) >= 11 is 0. The van der Waals surface area contributed by atoms with Crippen molar-refractivity contribution in [3.05, 3.63) is 12.3 Å². The Morgan fingerprint density at radius 1 is 1.17 bits per heavy atom. The van der Waals surface area contributed by atoms with Gasteiger partial charge in [0.1, 0.15) is 6.26 Å². The van der Waals surface area contributed by atoms with Gasteiger partial charge in [-0.15, -0.1) is 0 Å². The average Bonchev–Trinajstić information content (AvgIpc) is 2.98. The SMILES string of the molecule is O=C(CN(CC1CCCCC1)C(=O)C1CCC1)Nc1ccon1. The molecule has 0 aromatic carbocycles. The molecule has 1 heterocycles. The molecule has 6 nitrogen and oxygen atoms in total. The number of amides is 2. The Morgan fingerprint density at radius 3 is 2.57 bits per heavy atom. The molecular weight excluding hydrogens is 294 g/mol. The highest BCUT2D eigenvalue weighted by Crippen LogP contribution is 2.30. The predicted molar refractivity (Wildman–Crippen MR) is 85.6 cm³/mol. The summed E-state index contributed by atoms with van der Waals surface area (Å²) in [6.07, 6.45) is 10.6. The van der Waals surface area contributed by atoms with E-state index in [-0.39, 0.29) is 24.3 Å². The Morgan fingerprint density at radius 2 is 1.96 bits per heavy atom. The largest absolute Gasteiger partial charge is 0.363 e. The molecule has 2 fully saturated rings. The van der Waals surface area contributed by atoms with E-state index in [1.165, 1.54) is 38.4 Å². The number of rotatable bonds is 6. The Hall–Kier alpha value is -1.85. The van der Waals surface area contributed by atoms with Gasteiger partial charge in [-0.2, -0.15) is 0 Å². The maximum absolute atomic E-state index is 12.6. The smallest absolute Gasteiger partial charge is 0.245 e. The number of nitrogens with zero attached hydrogens (tertiary/aromatic N) is 2. The summed E-state index contributed by atoms with van der Waals surface area (Å²) in [5.74, 6) is 0.995. The first kappa shape index (κ1) is 16.0. The van der Waals surface area contributed by atoms with Crippen LogP contribution in [0.2, 0.25) is 0 Å². The second kappa shape index (κ2) is 7.62. The highest BCUT2D eigenvalue weighted by atomic mass is 16.5. The van der Waals surface area contributed by atoms with E-state index in [9.17, 15) is 9.59 Å². The summed E-state index contributed by atoms with van der Waals surface area (Å²) in [5, 5.41) is 6.36. The minimum absolute atomic E-state index is 0.110. The standard InChI is InChI=1S/C17H25N3O3/c21-16(18-15-9-10-23-19-15)12-20(17(22)14-7-4-8-14)11-13-5-2-1-3-6-13/h9-10,13-14H,1-8,11-12H2,(H,18,19,21). The van der Waals surface area contributed by atoms with Crippen molar-refractivity contribution in [3.8, 4) is 0 Å². The van der Waals surface area contributed by atoms with Crippen molar-refractivity contribution in [3.63, 3.8) is 0 Å². The third kappa shape index (κ3) is 4.33. The summed E-state index contributed by atoms with van der Waals surface area (Å²) in [5.41, 5.74) is 0. The van der Waals surface area contributed by atoms with Crippen LogP contribution >= 0.6 is 0 Å². The minimum atomic E-state index is -0.206. The maximum Gasteiger partial charge on any atom is 0.245 e. The normalized spacial score (nSPS) is 19.1. The summed E-state index contributed by atoms with van der Waals surface area (Å²) in [4.78, 5) is 26.6. The second-order valence-corrected chi connectivity index (χ2v) is 6.78. The van der Waals surface area contributed by atoms with E-state index >= 15 is 0 Å². The van der Waals surface area contributed by atoms with E-state index in [1.807, 2.05) is 0 Å². The fourth-order valence-corrected chi connectivity index (χ4v) is 3.46. The zero-order valence-corrected chi connectivity index (χ0v) is 13.5. The molecule has 0 atom stereocenters. The molecule has 2 aliphatic carbocycles. The molecule has 1 aromatic rings. The van der Waals surface area contributed by atoms with Crippen LogP contribution in [0.3, 0.4) is 0 Å². The van der Waals surface area contributed by atoms with Crippen molar-refractivity contribution in [1.29, 1.82) is 0 Å². The number of carbonyl (C=O) groups is 2. The molecule has 2 amide bonds. The van der Waals surface area contributed by atoms with Crippen molar-refractivity contribution >= 4 is 17.6 Å². The lowest BCUT2D eigenvalue weighted by atomic mass is 9.83. The third-order valence-corrected chi connectivity index (χ3v) is 5.01. The van der Waals surface area contributed by atoms with Crippen LogP contribution in [0.25, 0.3) is 0 Å². The van der Waals surface area contributed by atoms with Gasteiger partial charge in [0.2, 0.25) is 11.8 Å². The molecular formula is C17H25N3O3. The zero-order chi connectivity index (χ0) is 16.1. The third-order valence-electron chi connectivity index (χ3n) is 5.01. The van der Waals surface area contributed by atoms with E-state index in [0.29, 0.717) is 18.3 Å². The molecule has 23 heavy (non-hydrogen) atoms. The molecule has 1 N–H and O–H groups in total. The molecule has 6 heteroatoms. The van der Waals surface area contributed by atoms with Crippen LogP contribution in [0.15, 0.2) is 16.9 Å². The molecule has 3 rings (SSSR count). The van der Waals surface area contributed by atoms with Crippen LogP contribution < -0.4 is 5.32 Å². The first-order chi connectivity index (χ1) is 11.2. The first-order valence-corrected chi connectivity index (χ1v) is 8.71. The summed E-state index contributed by atoms with van der Waals surface area (Å²) in [7, 11) is 0. The van der Waals surface area contributed by atoms with Crippen molar-refractivity contribution in [1.82, 2.24) is 10.1 Å². The van der Waals surface area contributed by atoms with E-state index < -0.39 is 0 Å². The Labute approximate surface area is 136 Å². The molecule has 0 radical (unpaired) electrons. The molecule has 0 saturated heterocycles. The highest BCUT2D eigenvalue weighted by molar-refractivity contribution is 5.94. The first-order valence-electron chi connectivity index (χ1n) is 8.71. The van der Waals surface area contributed by atoms with Gasteiger partial charge in [0.05, 0.1) is 6.54 Å². The molecule has 0 aliphatic heterocycles. The van der Waals surface area contributed by atoms with Crippen LogP contribution in [0, 0.1) is 11.8 Å². The average molecular weight is 319 g/mol. The van der Waals surface area contributed by atoms with Gasteiger partial charge >= 0.3 is 0 Å². The lowest BCUT2D eigenvalue weighted by molar-refractivity contribution is -0.141. The highest BCUT2D eigenvalue weighted by Gasteiger charge is 2.31. The predicted octanol–water partition coefficient (Wildman–Crippen LogP) is 2.82. The van der Waals surface area contributed by atoms with E-state index in [1.54, 1.807) is 11.0 Å². The quantitative estimate of drug-likeness (QED) is 0.875. The minimum Gasteiger partial charge on any atom is -0.363 e. The van der Waals surface area contributed by atoms with Crippen LogP contribution in [-0.2, 0) is 9.59 Å². The van der Waals surface area contributed by atoms with Crippen molar-refractivity contribution in [2.75, 3.05) is 18.4 Å². The zero-order valence-electron chi connectivity index (χ0n) is 13.5. The van der Waals surface area contributed by atoms with Gasteiger partial charge in [0.25, 0.3) is 0 Å². The van der Waals surface area contributed by atoms with Crippen LogP contribution in [0.4, 0.5) is 5.82 Å². The Balaban J connectivity index is 1.58. The van der Waals surface area contributed by atoms with Crippen LogP contribution in [0.1, 0.15) is 51.4 Å². The van der Waals surface area contributed by atoms with Gasteiger partial charge in [0.15, 0.2) is 5.82 Å². The van der Waals surface area contributed by atoms with Gasteiger partial charge in [-0.3, -0.25) is 9.59 Å². The topological polar surface area (TPSA) is 75.4 Å². The number of hydrogen-bond donors (Lipinski definition) is 1. The lowest BCUT2D eigenvalue weighted by Gasteiger charge is -2.34. The van der Waals surface area contributed by atoms with E-state index in [0.717, 1.165) is 19.3 Å². The molecule has 2 saturated carbocycles. The van der Waals surface area contributed by atoms with Gasteiger partial charge in [-0.25, -0.2) is 0 Å². The number of carbonyl (C=O) groups excluding carboxylic acids is 2. The Kier molecular flexibility index (Phi) is 5.31. The monoisotopic (exact) mass is 319 g/mol. The lowest BCUT2D eigenvalue weighted by Crippen LogP contribution is -2.45. The van der Waals surface area contributed by atoms with Crippen molar-refractivity contribution < 1.29 is 14.1 Å². The molecule has 0 spiro atoms. The fourth-order valence-electron chi connectivity index (χ4n) is 3.46. The Bertz CT molecular complexity index is 519. The van der Waals surface area contributed by atoms with Gasteiger partial charge in [-0.1, -0.05) is 30.8 Å². The number of anilines is 1. The number of hydrogen-bond acceptors (Lipinski definition) is 4. The van der Waals surface area contributed by atoms with E-state index in [4.69, 9.17) is 4.52 Å². The van der Waals surface area contributed by atoms with Gasteiger partial charge in [0, 0.05) is 18.5 Å². The molecule has 1 aromatic heterocycles. The van der Waals surface area contributed by atoms with Crippen molar-refractivity contribution in [2.24, 2.45) is 11.8 Å². The number of nitrogens with one attached hydrogen (secondary N) is 1.